The van der Waals surface area contributed by atoms with Gasteiger partial charge in [-0.2, -0.15) is 0 Å². The van der Waals surface area contributed by atoms with E-state index in [4.69, 9.17) is 4.74 Å². The Morgan fingerprint density at radius 3 is 2.19 bits per heavy atom. The van der Waals surface area contributed by atoms with Gasteiger partial charge in [-0.25, -0.2) is 4.79 Å². The molecule has 0 spiro atoms. The molecule has 0 radical (unpaired) electrons. The molecule has 27 heavy (non-hydrogen) atoms. The highest BCUT2D eigenvalue weighted by molar-refractivity contribution is 6.05. The number of hydrogen-bond donors (Lipinski definition) is 0. The zero-order valence-electron chi connectivity index (χ0n) is 15.3. The van der Waals surface area contributed by atoms with Crippen LogP contribution in [-0.4, -0.2) is 42.3 Å². The highest BCUT2D eigenvalue weighted by Gasteiger charge is 2.47. The highest BCUT2D eigenvalue weighted by atomic mass is 16.5. The van der Waals surface area contributed by atoms with Gasteiger partial charge in [0.15, 0.2) is 0 Å². The van der Waals surface area contributed by atoms with Gasteiger partial charge < -0.3 is 9.47 Å². The van der Waals surface area contributed by atoms with Crippen LogP contribution in [0.5, 0.6) is 0 Å². The molecule has 0 bridgehead atoms. The van der Waals surface area contributed by atoms with E-state index in [1.165, 1.54) is 12.0 Å². The predicted octanol–water partition coefficient (Wildman–Crippen LogP) is 2.08. The lowest BCUT2D eigenvalue weighted by Crippen LogP contribution is -2.33. The van der Waals surface area contributed by atoms with E-state index in [9.17, 15) is 19.2 Å². The van der Waals surface area contributed by atoms with Gasteiger partial charge in [0, 0.05) is 6.54 Å². The summed E-state index contributed by atoms with van der Waals surface area (Å²) < 4.78 is 9.82. The lowest BCUT2D eigenvalue weighted by Gasteiger charge is -2.19. The minimum absolute atomic E-state index is 0.0167. The molecular weight excluding hydrogens is 350 g/mol. The maximum atomic E-state index is 12.4. The molecule has 1 heterocycles. The van der Waals surface area contributed by atoms with Crippen LogP contribution in [0.15, 0.2) is 24.3 Å². The number of ether oxygens (including phenoxy) is 2. The van der Waals surface area contributed by atoms with Gasteiger partial charge in [0.25, 0.3) is 0 Å². The first-order chi connectivity index (χ1) is 13.0. The minimum atomic E-state index is -0.470. The molecular formula is C20H23NO6. The Morgan fingerprint density at radius 2 is 1.63 bits per heavy atom. The van der Waals surface area contributed by atoms with Crippen molar-refractivity contribution in [2.45, 2.75) is 38.7 Å². The van der Waals surface area contributed by atoms with Crippen LogP contribution < -0.4 is 0 Å². The van der Waals surface area contributed by atoms with Gasteiger partial charge in [-0.3, -0.25) is 19.3 Å². The zero-order chi connectivity index (χ0) is 19.4. The number of esters is 2. The van der Waals surface area contributed by atoms with Crippen LogP contribution in [0.1, 0.15) is 48.0 Å². The number of hydrogen-bond acceptors (Lipinski definition) is 6. The summed E-state index contributed by atoms with van der Waals surface area (Å²) in [4.78, 5) is 49.3. The van der Waals surface area contributed by atoms with Gasteiger partial charge in [-0.05, 0) is 30.5 Å². The minimum Gasteiger partial charge on any atom is -0.465 e. The molecule has 1 aliphatic heterocycles. The molecule has 2 amide bonds. The molecule has 0 aromatic heterocycles. The second-order valence-electron chi connectivity index (χ2n) is 6.92. The van der Waals surface area contributed by atoms with Crippen molar-refractivity contribution in [2.24, 2.45) is 11.8 Å². The molecule has 1 aromatic rings. The number of imide groups is 1. The van der Waals surface area contributed by atoms with Crippen molar-refractivity contribution >= 4 is 23.8 Å². The summed E-state index contributed by atoms with van der Waals surface area (Å²) >= 11 is 0. The van der Waals surface area contributed by atoms with E-state index in [1.807, 2.05) is 0 Å². The Hall–Kier alpha value is -2.70. The predicted molar refractivity (Wildman–Crippen MR) is 94.4 cm³/mol. The van der Waals surface area contributed by atoms with E-state index in [0.29, 0.717) is 5.56 Å². The van der Waals surface area contributed by atoms with Gasteiger partial charge in [0.05, 0.1) is 30.9 Å². The van der Waals surface area contributed by atoms with Crippen molar-refractivity contribution in [1.29, 1.82) is 0 Å². The molecule has 1 saturated carbocycles. The second kappa shape index (κ2) is 8.33. The molecule has 0 unspecified atom stereocenters. The van der Waals surface area contributed by atoms with Crippen LogP contribution in [0.2, 0.25) is 0 Å². The Kier molecular flexibility index (Phi) is 5.88. The summed E-state index contributed by atoms with van der Waals surface area (Å²) in [5.74, 6) is -1.58. The second-order valence-corrected chi connectivity index (χ2v) is 6.92. The van der Waals surface area contributed by atoms with Crippen LogP contribution in [0.3, 0.4) is 0 Å². The maximum absolute atomic E-state index is 12.4. The number of benzene rings is 1. The highest BCUT2D eigenvalue weighted by Crippen LogP contribution is 2.37. The van der Waals surface area contributed by atoms with E-state index in [0.717, 1.165) is 31.2 Å². The Labute approximate surface area is 157 Å². The fourth-order valence-electron chi connectivity index (χ4n) is 3.75. The SMILES string of the molecule is COC(=O)c1ccc(COC(=O)CCN2C(=O)[C@H]3CCCC[C@H]3C2=O)cc1. The molecule has 3 rings (SSSR count). The van der Waals surface area contributed by atoms with E-state index in [1.54, 1.807) is 24.3 Å². The van der Waals surface area contributed by atoms with Gasteiger partial charge in [-0.15, -0.1) is 0 Å². The lowest BCUT2D eigenvalue weighted by molar-refractivity contribution is -0.146. The van der Waals surface area contributed by atoms with Crippen molar-refractivity contribution in [2.75, 3.05) is 13.7 Å². The summed E-state index contributed by atoms with van der Waals surface area (Å²) in [6.07, 6.45) is 3.46. The fourth-order valence-corrected chi connectivity index (χ4v) is 3.75. The standard InChI is InChI=1S/C20H23NO6/c1-26-20(25)14-8-6-13(7-9-14)12-27-17(22)10-11-21-18(23)15-4-2-3-5-16(15)19(21)24/h6-9,15-16H,2-5,10-12H2,1H3/t15-,16+. The molecule has 2 aliphatic rings. The monoisotopic (exact) mass is 373 g/mol. The van der Waals surface area contributed by atoms with Crippen molar-refractivity contribution in [3.05, 3.63) is 35.4 Å². The molecule has 1 saturated heterocycles. The number of rotatable bonds is 6. The largest absolute Gasteiger partial charge is 0.465 e. The first-order valence-corrected chi connectivity index (χ1v) is 9.19. The fraction of sp³-hybridized carbons (Fsp3) is 0.500. The molecule has 7 nitrogen and oxygen atoms in total. The lowest BCUT2D eigenvalue weighted by atomic mass is 9.81. The third kappa shape index (κ3) is 4.18. The van der Waals surface area contributed by atoms with Gasteiger partial charge >= 0.3 is 11.9 Å². The number of fused-ring (bicyclic) bond motifs is 1. The average Bonchev–Trinajstić information content (AvgIpc) is 2.95. The molecule has 2 atom stereocenters. The quantitative estimate of drug-likeness (QED) is 0.560. The van der Waals surface area contributed by atoms with Crippen LogP contribution in [-0.2, 0) is 30.5 Å². The van der Waals surface area contributed by atoms with E-state index in [-0.39, 0.29) is 43.2 Å². The average molecular weight is 373 g/mol. The topological polar surface area (TPSA) is 90.0 Å². The maximum Gasteiger partial charge on any atom is 0.337 e. The molecule has 1 aliphatic carbocycles. The van der Waals surface area contributed by atoms with Crippen LogP contribution in [0, 0.1) is 11.8 Å². The summed E-state index contributed by atoms with van der Waals surface area (Å²) in [5, 5.41) is 0. The summed E-state index contributed by atoms with van der Waals surface area (Å²) in [6.45, 7) is 0.137. The van der Waals surface area contributed by atoms with Gasteiger partial charge in [0.1, 0.15) is 6.61 Å². The van der Waals surface area contributed by atoms with Crippen molar-refractivity contribution in [3.63, 3.8) is 0 Å². The zero-order valence-corrected chi connectivity index (χ0v) is 15.3. The van der Waals surface area contributed by atoms with Crippen LogP contribution in [0.25, 0.3) is 0 Å². The number of carbonyl (C=O) groups is 4. The third-order valence-electron chi connectivity index (χ3n) is 5.25. The number of nitrogens with zero attached hydrogens (tertiary/aromatic N) is 1. The summed E-state index contributed by atoms with van der Waals surface area (Å²) in [6, 6.07) is 6.55. The number of carbonyl (C=O) groups excluding carboxylic acids is 4. The van der Waals surface area contributed by atoms with Crippen molar-refractivity contribution in [1.82, 2.24) is 4.90 Å². The number of methoxy groups -OCH3 is 1. The Morgan fingerprint density at radius 1 is 1.04 bits per heavy atom. The molecule has 0 N–H and O–H groups in total. The first kappa shape index (κ1) is 19.1. The van der Waals surface area contributed by atoms with E-state index in [2.05, 4.69) is 4.74 Å². The number of amides is 2. The van der Waals surface area contributed by atoms with E-state index >= 15 is 0 Å². The smallest absolute Gasteiger partial charge is 0.337 e. The third-order valence-corrected chi connectivity index (χ3v) is 5.25. The molecule has 144 valence electrons. The van der Waals surface area contributed by atoms with Gasteiger partial charge in [0.2, 0.25) is 11.8 Å². The Balaban J connectivity index is 1.46. The molecule has 2 fully saturated rings. The normalized spacial score (nSPS) is 21.7. The van der Waals surface area contributed by atoms with Gasteiger partial charge in [-0.1, -0.05) is 25.0 Å². The number of likely N-dealkylation sites (tertiary alicyclic amines) is 1. The first-order valence-electron chi connectivity index (χ1n) is 9.19. The van der Waals surface area contributed by atoms with Crippen molar-refractivity contribution < 1.29 is 28.7 Å². The van der Waals surface area contributed by atoms with E-state index < -0.39 is 11.9 Å². The summed E-state index contributed by atoms with van der Waals surface area (Å²) in [7, 11) is 1.31. The molecule has 7 heteroatoms. The van der Waals surface area contributed by atoms with Crippen LogP contribution >= 0.6 is 0 Å². The molecule has 1 aromatic carbocycles. The summed E-state index contributed by atoms with van der Waals surface area (Å²) in [5.41, 5.74) is 1.15. The van der Waals surface area contributed by atoms with Crippen LogP contribution in [0.4, 0.5) is 0 Å². The Bertz CT molecular complexity index is 717. The van der Waals surface area contributed by atoms with Crippen molar-refractivity contribution in [3.8, 4) is 0 Å².